The summed E-state index contributed by atoms with van der Waals surface area (Å²) in [5.41, 5.74) is 21.0. The van der Waals surface area contributed by atoms with E-state index in [-0.39, 0.29) is 13.7 Å². The predicted molar refractivity (Wildman–Crippen MR) is 248 cm³/mol. The maximum atomic E-state index is 6.66. The minimum atomic E-state index is -0.0650. The van der Waals surface area contributed by atoms with Crippen LogP contribution in [0.4, 0.5) is 34.1 Å². The lowest BCUT2D eigenvalue weighted by Gasteiger charge is -2.47. The number of fused-ring (bicyclic) bond motifs is 14. The molecular formula is C52H28B2N4O2. The Hall–Kier alpha value is -7.83. The van der Waals surface area contributed by atoms with Gasteiger partial charge in [0.15, 0.2) is 0 Å². The van der Waals surface area contributed by atoms with Gasteiger partial charge in [-0.2, -0.15) is 0 Å². The third kappa shape index (κ3) is 3.35. The molecule has 8 aromatic carbocycles. The summed E-state index contributed by atoms with van der Waals surface area (Å²) in [6.07, 6.45) is 4.67. The molecule has 0 unspecified atom stereocenters. The van der Waals surface area contributed by atoms with E-state index in [0.717, 1.165) is 55.3 Å². The van der Waals surface area contributed by atoms with Crippen molar-refractivity contribution in [1.29, 1.82) is 0 Å². The summed E-state index contributed by atoms with van der Waals surface area (Å²) in [6.45, 7) is -0.130. The molecule has 4 aliphatic rings. The number of nitrogens with zero attached hydrogens (tertiary/aromatic N) is 4. The van der Waals surface area contributed by atoms with E-state index in [2.05, 4.69) is 189 Å². The van der Waals surface area contributed by atoms with Crippen LogP contribution >= 0.6 is 0 Å². The zero-order chi connectivity index (χ0) is 38.5. The van der Waals surface area contributed by atoms with Crippen molar-refractivity contribution >= 4 is 135 Å². The molecule has 0 aliphatic carbocycles. The Labute approximate surface area is 342 Å². The van der Waals surface area contributed by atoms with E-state index in [4.69, 9.17) is 8.83 Å². The Morgan fingerprint density at radius 1 is 0.400 bits per heavy atom. The Morgan fingerprint density at radius 3 is 1.37 bits per heavy atom. The van der Waals surface area contributed by atoms with Crippen LogP contribution in [-0.4, -0.2) is 22.7 Å². The third-order valence-electron chi connectivity index (χ3n) is 14.0. The molecule has 0 spiro atoms. The van der Waals surface area contributed by atoms with Crippen LogP contribution in [0.25, 0.3) is 76.8 Å². The molecular weight excluding hydrogens is 734 g/mol. The molecule has 0 fully saturated rings. The first-order valence-corrected chi connectivity index (χ1v) is 20.7. The molecule has 8 heterocycles. The number of para-hydroxylation sites is 4. The van der Waals surface area contributed by atoms with Gasteiger partial charge >= 0.3 is 13.7 Å². The highest BCUT2D eigenvalue weighted by Gasteiger charge is 2.51. The summed E-state index contributed by atoms with van der Waals surface area (Å²) in [5, 5.41) is 7.05. The van der Waals surface area contributed by atoms with Gasteiger partial charge in [-0.25, -0.2) is 0 Å². The Balaban J connectivity index is 1.15. The van der Waals surface area contributed by atoms with Crippen molar-refractivity contribution in [2.75, 3.05) is 9.80 Å². The van der Waals surface area contributed by atoms with Crippen molar-refractivity contribution < 1.29 is 8.83 Å². The first-order valence-electron chi connectivity index (χ1n) is 20.7. The Morgan fingerprint density at radius 2 is 0.867 bits per heavy atom. The van der Waals surface area contributed by atoms with E-state index in [9.17, 15) is 0 Å². The molecule has 4 aliphatic heterocycles. The van der Waals surface area contributed by atoms with Crippen molar-refractivity contribution in [2.24, 2.45) is 0 Å². The van der Waals surface area contributed by atoms with Crippen molar-refractivity contribution in [2.45, 2.75) is 0 Å². The molecule has 4 aromatic heterocycles. The molecule has 6 nitrogen and oxygen atoms in total. The topological polar surface area (TPSA) is 42.6 Å². The fraction of sp³-hybridized carbons (Fsp3) is 0. The molecule has 8 heteroatoms. The molecule has 12 aromatic rings. The van der Waals surface area contributed by atoms with Crippen LogP contribution in [0.3, 0.4) is 0 Å². The molecule has 16 rings (SSSR count). The van der Waals surface area contributed by atoms with E-state index in [1.165, 1.54) is 77.5 Å². The number of hydrogen-bond donors (Lipinski definition) is 0. The molecule has 0 N–H and O–H groups in total. The lowest BCUT2D eigenvalue weighted by Crippen LogP contribution is -2.63. The van der Waals surface area contributed by atoms with E-state index in [1.807, 2.05) is 0 Å². The van der Waals surface area contributed by atoms with Gasteiger partial charge in [0.05, 0.1) is 22.1 Å². The largest absolute Gasteiger partial charge is 0.456 e. The quantitative estimate of drug-likeness (QED) is 0.165. The number of aromatic nitrogens is 2. The number of rotatable bonds is 2. The van der Waals surface area contributed by atoms with Gasteiger partial charge in [0, 0.05) is 50.1 Å². The molecule has 60 heavy (non-hydrogen) atoms. The molecule has 0 bridgehead atoms. The minimum Gasteiger partial charge on any atom is -0.456 e. The number of benzene rings is 8. The number of furan rings is 2. The summed E-state index contributed by atoms with van der Waals surface area (Å²) < 4.78 is 18.5. The van der Waals surface area contributed by atoms with Crippen LogP contribution in [0.5, 0.6) is 0 Å². The van der Waals surface area contributed by atoms with Gasteiger partial charge in [-0.1, -0.05) is 84.9 Å². The van der Waals surface area contributed by atoms with Crippen LogP contribution < -0.4 is 31.7 Å². The van der Waals surface area contributed by atoms with Crippen LogP contribution in [0.1, 0.15) is 0 Å². The molecule has 0 saturated heterocycles. The summed E-state index contributed by atoms with van der Waals surface area (Å²) in [4.78, 5) is 5.09. The van der Waals surface area contributed by atoms with Crippen molar-refractivity contribution in [3.05, 3.63) is 170 Å². The predicted octanol–water partition coefficient (Wildman–Crippen LogP) is 10.6. The average Bonchev–Trinajstić information content (AvgIpc) is 4.10. The average molecular weight is 762 g/mol. The van der Waals surface area contributed by atoms with Gasteiger partial charge in [-0.3, -0.25) is 0 Å². The van der Waals surface area contributed by atoms with E-state index in [0.29, 0.717) is 0 Å². The van der Waals surface area contributed by atoms with Crippen LogP contribution in [-0.2, 0) is 0 Å². The van der Waals surface area contributed by atoms with Gasteiger partial charge in [0.2, 0.25) is 0 Å². The zero-order valence-corrected chi connectivity index (χ0v) is 31.9. The Kier molecular flexibility index (Phi) is 5.17. The molecule has 0 atom stereocenters. The molecule has 0 saturated carbocycles. The second kappa shape index (κ2) is 10.2. The molecule has 274 valence electrons. The van der Waals surface area contributed by atoms with Crippen molar-refractivity contribution in [3.8, 4) is 11.1 Å². The standard InChI is InChI=1S/C52H28B2N4O2/c1-3-11-31(12-4-1)57-37-28-38-48-45-46-49-29(23-25-55(49)53(47(37)45)35-19-21-41-43(51(35)57)33-15-7-9-17-39(33)59-41)27-30-24-26-56(50(30)46)54(48)36-20-22-42-44(34-16-8-10-18-40(34)60-42)52(36)58(38)32-13-5-2-6-14-32/h1-28H. The highest BCUT2D eigenvalue weighted by atomic mass is 16.3. The SMILES string of the molecule is c1ccc(N2c3cc4c5c6c3B(c3ccc7oc8ccccc8c7c32)n2ccc3cc7ccn(c7c-6c32)B5c2ccc3oc5ccccc5c3c2N4c2ccccc2)cc1. The lowest BCUT2D eigenvalue weighted by atomic mass is 9.39. The van der Waals surface area contributed by atoms with Gasteiger partial charge in [-0.05, 0) is 123 Å². The number of hydrogen-bond acceptors (Lipinski definition) is 4. The summed E-state index contributed by atoms with van der Waals surface area (Å²) >= 11 is 0. The van der Waals surface area contributed by atoms with Crippen LogP contribution in [0.2, 0.25) is 0 Å². The summed E-state index contributed by atoms with van der Waals surface area (Å²) in [7, 11) is 0. The summed E-state index contributed by atoms with van der Waals surface area (Å²) in [6, 6.07) is 57.5. The van der Waals surface area contributed by atoms with E-state index in [1.54, 1.807) is 0 Å². The van der Waals surface area contributed by atoms with Crippen molar-refractivity contribution in [1.82, 2.24) is 8.96 Å². The minimum absolute atomic E-state index is 0.0650. The second-order valence-electron chi connectivity index (χ2n) is 16.8. The maximum Gasteiger partial charge on any atom is 0.332 e. The fourth-order valence-corrected chi connectivity index (χ4v) is 11.9. The summed E-state index contributed by atoms with van der Waals surface area (Å²) in [5.74, 6) is 0. The molecule has 0 amide bonds. The smallest absolute Gasteiger partial charge is 0.332 e. The maximum absolute atomic E-state index is 6.66. The monoisotopic (exact) mass is 762 g/mol. The highest BCUT2D eigenvalue weighted by Crippen LogP contribution is 2.53. The van der Waals surface area contributed by atoms with Gasteiger partial charge in [0.1, 0.15) is 22.3 Å². The fourth-order valence-electron chi connectivity index (χ4n) is 11.9. The second-order valence-corrected chi connectivity index (χ2v) is 16.8. The highest BCUT2D eigenvalue weighted by molar-refractivity contribution is 6.94. The third-order valence-corrected chi connectivity index (χ3v) is 14.0. The van der Waals surface area contributed by atoms with E-state index < -0.39 is 0 Å². The first kappa shape index (κ1) is 30.3. The number of anilines is 6. The Bertz CT molecular complexity index is 3690. The molecule has 0 radical (unpaired) electrons. The van der Waals surface area contributed by atoms with Gasteiger partial charge in [-0.15, -0.1) is 0 Å². The van der Waals surface area contributed by atoms with E-state index >= 15 is 0 Å². The normalized spacial score (nSPS) is 14.2. The van der Waals surface area contributed by atoms with Crippen LogP contribution in [0, 0.1) is 0 Å². The zero-order valence-electron chi connectivity index (χ0n) is 31.9. The first-order chi connectivity index (χ1) is 29.8. The van der Waals surface area contributed by atoms with Gasteiger partial charge < -0.3 is 27.6 Å². The lowest BCUT2D eigenvalue weighted by molar-refractivity contribution is 0.668. The van der Waals surface area contributed by atoms with Crippen molar-refractivity contribution in [3.63, 3.8) is 0 Å². The van der Waals surface area contributed by atoms with Gasteiger partial charge in [0.25, 0.3) is 0 Å². The van der Waals surface area contributed by atoms with Crippen LogP contribution in [0.15, 0.2) is 179 Å².